The second-order valence-corrected chi connectivity index (χ2v) is 10.6. The number of fused-ring (bicyclic) bond motifs is 3. The lowest BCUT2D eigenvalue weighted by atomic mass is 9.47. The smallest absolute Gasteiger partial charge is 0.132 e. The Morgan fingerprint density at radius 3 is 2.71 bits per heavy atom. The van der Waals surface area contributed by atoms with Crippen molar-refractivity contribution < 1.29 is 9.90 Å². The molecule has 1 saturated carbocycles. The molecule has 0 amide bonds. The molecular formula is C25H39NO2. The Hall–Kier alpha value is -0.930. The molecule has 3 nitrogen and oxygen atoms in total. The number of likely N-dealkylation sites (tertiary alicyclic amines) is 1. The van der Waals surface area contributed by atoms with E-state index < -0.39 is 0 Å². The molecule has 4 rings (SSSR count). The first kappa shape index (κ1) is 20.3. The highest BCUT2D eigenvalue weighted by atomic mass is 16.3. The van der Waals surface area contributed by atoms with Crippen molar-refractivity contribution in [1.82, 2.24) is 4.90 Å². The number of aliphatic hydroxyl groups excluding tert-OH is 1. The number of aliphatic hydroxyl groups is 1. The quantitative estimate of drug-likeness (QED) is 0.696. The summed E-state index contributed by atoms with van der Waals surface area (Å²) in [5.74, 6) is 1.28. The number of allylic oxidation sites excluding steroid dienone is 1. The van der Waals surface area contributed by atoms with Crippen LogP contribution in [0.4, 0.5) is 0 Å². The molecular weight excluding hydrogens is 346 g/mol. The topological polar surface area (TPSA) is 40.5 Å². The van der Waals surface area contributed by atoms with E-state index in [0.717, 1.165) is 57.4 Å². The van der Waals surface area contributed by atoms with Gasteiger partial charge in [-0.15, -0.1) is 0 Å². The van der Waals surface area contributed by atoms with Crippen molar-refractivity contribution >= 4 is 5.78 Å². The Labute approximate surface area is 171 Å². The number of carbonyl (C=O) groups is 1. The molecule has 2 unspecified atom stereocenters. The summed E-state index contributed by atoms with van der Waals surface area (Å²) >= 11 is 0. The van der Waals surface area contributed by atoms with Crippen LogP contribution in [-0.4, -0.2) is 41.5 Å². The zero-order chi connectivity index (χ0) is 19.9. The molecule has 28 heavy (non-hydrogen) atoms. The highest BCUT2D eigenvalue weighted by molar-refractivity contribution is 5.78. The van der Waals surface area contributed by atoms with Crippen LogP contribution in [0.25, 0.3) is 0 Å². The Kier molecular flexibility index (Phi) is 5.61. The van der Waals surface area contributed by atoms with Crippen molar-refractivity contribution in [2.45, 2.75) is 96.6 Å². The van der Waals surface area contributed by atoms with Crippen LogP contribution < -0.4 is 0 Å². The van der Waals surface area contributed by atoms with Crippen LogP contribution >= 0.6 is 0 Å². The molecule has 156 valence electrons. The summed E-state index contributed by atoms with van der Waals surface area (Å²) in [7, 11) is 2.26. The molecule has 2 fully saturated rings. The summed E-state index contributed by atoms with van der Waals surface area (Å²) in [6.07, 6.45) is 15.8. The van der Waals surface area contributed by atoms with Gasteiger partial charge in [0.1, 0.15) is 5.78 Å². The highest BCUT2D eigenvalue weighted by Gasteiger charge is 2.58. The number of piperidine rings is 1. The van der Waals surface area contributed by atoms with E-state index >= 15 is 0 Å². The molecule has 0 radical (unpaired) electrons. The van der Waals surface area contributed by atoms with E-state index in [-0.39, 0.29) is 16.9 Å². The summed E-state index contributed by atoms with van der Waals surface area (Å²) in [6.45, 7) is 5.98. The molecule has 1 heterocycles. The van der Waals surface area contributed by atoms with Gasteiger partial charge in [0.2, 0.25) is 0 Å². The van der Waals surface area contributed by atoms with E-state index in [2.05, 4.69) is 31.9 Å². The fourth-order valence-electron chi connectivity index (χ4n) is 6.92. The molecule has 3 heteroatoms. The van der Waals surface area contributed by atoms with Gasteiger partial charge < -0.3 is 10.0 Å². The Bertz CT molecular complexity index is 674. The molecule has 1 saturated heterocycles. The second-order valence-electron chi connectivity index (χ2n) is 10.6. The van der Waals surface area contributed by atoms with Gasteiger partial charge in [0.25, 0.3) is 0 Å². The molecule has 4 aliphatic rings. The largest absolute Gasteiger partial charge is 0.389 e. The first-order valence-corrected chi connectivity index (χ1v) is 11.6. The number of ketones is 1. The van der Waals surface area contributed by atoms with E-state index in [1.807, 2.05) is 6.08 Å². The highest BCUT2D eigenvalue weighted by Crippen LogP contribution is 2.62. The first-order chi connectivity index (χ1) is 13.3. The zero-order valence-corrected chi connectivity index (χ0v) is 18.2. The minimum absolute atomic E-state index is 0.0925. The molecule has 0 aromatic rings. The standard InChI is InChI=1S/C25H39NO2/c1-24-14-15-26(3)23(16-19-9-11-21(28)17-22(19)24)25(24,2)13-12-20(27)10-8-18-6-4-5-7-18/h9,11,18,21,23,28H,4-8,10,12-17H2,1-3H3/t21?,23?,24-,25-/m1/s1. The molecule has 2 bridgehead atoms. The van der Waals surface area contributed by atoms with Gasteiger partial charge in [-0.05, 0) is 68.0 Å². The first-order valence-electron chi connectivity index (χ1n) is 11.6. The molecule has 0 aromatic carbocycles. The zero-order valence-electron chi connectivity index (χ0n) is 18.2. The maximum absolute atomic E-state index is 12.7. The van der Waals surface area contributed by atoms with Gasteiger partial charge in [-0.3, -0.25) is 4.79 Å². The normalized spacial score (nSPS) is 38.7. The predicted octanol–water partition coefficient (Wildman–Crippen LogP) is 5.04. The van der Waals surface area contributed by atoms with E-state index in [1.54, 1.807) is 0 Å². The Morgan fingerprint density at radius 1 is 1.21 bits per heavy atom. The summed E-state index contributed by atoms with van der Waals surface area (Å²) in [5, 5.41) is 10.3. The van der Waals surface area contributed by atoms with Gasteiger partial charge >= 0.3 is 0 Å². The maximum atomic E-state index is 12.7. The van der Waals surface area contributed by atoms with Crippen LogP contribution in [-0.2, 0) is 4.79 Å². The summed E-state index contributed by atoms with van der Waals surface area (Å²) in [5.41, 5.74) is 3.13. The molecule has 0 spiro atoms. The number of hydrogen-bond donors (Lipinski definition) is 1. The van der Waals surface area contributed by atoms with Crippen LogP contribution in [0.15, 0.2) is 23.3 Å². The molecule has 1 N–H and O–H groups in total. The lowest BCUT2D eigenvalue weighted by Gasteiger charge is -2.63. The fraction of sp³-hybridized carbons (Fsp3) is 0.800. The number of rotatable bonds is 6. The minimum atomic E-state index is -0.343. The van der Waals surface area contributed by atoms with E-state index in [4.69, 9.17) is 0 Å². The van der Waals surface area contributed by atoms with Gasteiger partial charge in [0, 0.05) is 18.9 Å². The average molecular weight is 386 g/mol. The molecule has 1 aliphatic heterocycles. The molecule has 4 atom stereocenters. The monoisotopic (exact) mass is 385 g/mol. The van der Waals surface area contributed by atoms with Crippen molar-refractivity contribution in [3.05, 3.63) is 23.3 Å². The van der Waals surface area contributed by atoms with Gasteiger partial charge in [-0.25, -0.2) is 0 Å². The van der Waals surface area contributed by atoms with Crippen LogP contribution in [0.5, 0.6) is 0 Å². The number of nitrogens with zero attached hydrogens (tertiary/aromatic N) is 1. The van der Waals surface area contributed by atoms with Crippen LogP contribution in [0.1, 0.15) is 84.5 Å². The van der Waals surface area contributed by atoms with Gasteiger partial charge in [-0.2, -0.15) is 0 Å². The number of Topliss-reactive ketones (excluding diaryl/α,β-unsaturated/α-hetero) is 1. The summed E-state index contributed by atoms with van der Waals surface area (Å²) < 4.78 is 0. The third-order valence-corrected chi connectivity index (χ3v) is 9.12. The third-order valence-electron chi connectivity index (χ3n) is 9.12. The number of hydrogen-bond acceptors (Lipinski definition) is 3. The van der Waals surface area contributed by atoms with Gasteiger partial charge in [-0.1, -0.05) is 57.3 Å². The molecule has 3 aliphatic carbocycles. The number of carbonyl (C=O) groups excluding carboxylic acids is 1. The van der Waals surface area contributed by atoms with E-state index in [0.29, 0.717) is 11.8 Å². The van der Waals surface area contributed by atoms with Gasteiger partial charge in [0.05, 0.1) is 6.10 Å². The van der Waals surface area contributed by atoms with Crippen molar-refractivity contribution in [3.8, 4) is 0 Å². The van der Waals surface area contributed by atoms with Crippen molar-refractivity contribution in [1.29, 1.82) is 0 Å². The van der Waals surface area contributed by atoms with Crippen LogP contribution in [0.2, 0.25) is 0 Å². The Balaban J connectivity index is 1.49. The predicted molar refractivity (Wildman–Crippen MR) is 114 cm³/mol. The van der Waals surface area contributed by atoms with E-state index in [1.165, 1.54) is 36.8 Å². The van der Waals surface area contributed by atoms with Crippen LogP contribution in [0.3, 0.4) is 0 Å². The molecule has 0 aromatic heterocycles. The summed E-state index contributed by atoms with van der Waals surface area (Å²) in [4.78, 5) is 15.3. The second kappa shape index (κ2) is 7.72. The van der Waals surface area contributed by atoms with Crippen LogP contribution in [0, 0.1) is 16.7 Å². The van der Waals surface area contributed by atoms with Crippen molar-refractivity contribution in [3.63, 3.8) is 0 Å². The summed E-state index contributed by atoms with van der Waals surface area (Å²) in [6, 6.07) is 0.493. The van der Waals surface area contributed by atoms with Gasteiger partial charge in [0.15, 0.2) is 0 Å². The third kappa shape index (κ3) is 3.43. The Morgan fingerprint density at radius 2 is 1.96 bits per heavy atom. The lowest BCUT2D eigenvalue weighted by Crippen LogP contribution is -2.62. The average Bonchev–Trinajstić information content (AvgIpc) is 3.19. The van der Waals surface area contributed by atoms with Crippen molar-refractivity contribution in [2.75, 3.05) is 13.6 Å². The SMILES string of the molecule is CN1CC[C@]2(C)C3=C(C=CC(O)C3)CC1[C@@]2(C)CCC(=O)CCC1CCCC1. The van der Waals surface area contributed by atoms with E-state index in [9.17, 15) is 9.90 Å². The maximum Gasteiger partial charge on any atom is 0.132 e. The fourth-order valence-corrected chi connectivity index (χ4v) is 6.92. The van der Waals surface area contributed by atoms with Crippen molar-refractivity contribution in [2.24, 2.45) is 16.7 Å². The lowest BCUT2D eigenvalue weighted by molar-refractivity contribution is -0.122. The minimum Gasteiger partial charge on any atom is -0.389 e.